The van der Waals surface area contributed by atoms with Crippen molar-refractivity contribution in [3.8, 4) is 0 Å². The summed E-state index contributed by atoms with van der Waals surface area (Å²) in [6.07, 6.45) is 0.319. The number of benzene rings is 1. The molecule has 1 aliphatic rings. The van der Waals surface area contributed by atoms with Gasteiger partial charge >= 0.3 is 5.97 Å². The zero-order chi connectivity index (χ0) is 11.7. The van der Waals surface area contributed by atoms with E-state index < -0.39 is 23.6 Å². The molecular weight excluding hydrogens is 216 g/mol. The highest BCUT2D eigenvalue weighted by Gasteiger charge is 2.25. The lowest BCUT2D eigenvalue weighted by Crippen LogP contribution is -2.42. The molecule has 0 amide bonds. The number of fused-ring (bicyclic) bond motifs is 1. The Labute approximate surface area is 91.4 Å². The van der Waals surface area contributed by atoms with Crippen LogP contribution in [0.15, 0.2) is 12.1 Å². The van der Waals surface area contributed by atoms with Gasteiger partial charge in [0.25, 0.3) is 0 Å². The normalized spacial score (nSPS) is 19.1. The van der Waals surface area contributed by atoms with Crippen LogP contribution in [0.2, 0.25) is 0 Å². The number of methoxy groups -OCH3 is 1. The quantitative estimate of drug-likeness (QED) is 0.731. The van der Waals surface area contributed by atoms with Crippen LogP contribution in [-0.4, -0.2) is 19.1 Å². The largest absolute Gasteiger partial charge is 0.468 e. The molecule has 0 radical (unpaired) electrons. The number of carbonyl (C=O) groups is 1. The minimum atomic E-state index is -0.885. The summed E-state index contributed by atoms with van der Waals surface area (Å²) in [4.78, 5) is 11.3. The van der Waals surface area contributed by atoms with Crippen LogP contribution in [0.1, 0.15) is 11.1 Å². The number of halogens is 2. The molecule has 0 fully saturated rings. The molecule has 0 bridgehead atoms. The zero-order valence-electron chi connectivity index (χ0n) is 8.72. The van der Waals surface area contributed by atoms with E-state index in [1.807, 2.05) is 0 Å². The molecule has 86 valence electrons. The van der Waals surface area contributed by atoms with Crippen molar-refractivity contribution in [3.05, 3.63) is 34.9 Å². The van der Waals surface area contributed by atoms with Crippen molar-refractivity contribution >= 4 is 5.97 Å². The molecule has 1 atom stereocenters. The summed E-state index contributed by atoms with van der Waals surface area (Å²) >= 11 is 0. The lowest BCUT2D eigenvalue weighted by Gasteiger charge is -2.24. The topological polar surface area (TPSA) is 38.3 Å². The summed E-state index contributed by atoms with van der Waals surface area (Å²) in [6.45, 7) is 0.340. The van der Waals surface area contributed by atoms with E-state index in [9.17, 15) is 13.6 Å². The Kier molecular flexibility index (Phi) is 2.87. The van der Waals surface area contributed by atoms with Gasteiger partial charge in [-0.25, -0.2) is 8.78 Å². The highest BCUT2D eigenvalue weighted by Crippen LogP contribution is 2.20. The molecule has 0 aromatic heterocycles. The predicted octanol–water partition coefficient (Wildman–Crippen LogP) is 1.15. The number of ether oxygens (including phenoxy) is 1. The zero-order valence-corrected chi connectivity index (χ0v) is 8.72. The van der Waals surface area contributed by atoms with E-state index in [4.69, 9.17) is 0 Å². The van der Waals surface area contributed by atoms with Gasteiger partial charge in [0.05, 0.1) is 7.11 Å². The highest BCUT2D eigenvalue weighted by atomic mass is 19.2. The van der Waals surface area contributed by atoms with Crippen molar-refractivity contribution in [3.63, 3.8) is 0 Å². The Morgan fingerprint density at radius 3 is 2.62 bits per heavy atom. The number of hydrogen-bond donors (Lipinski definition) is 1. The fourth-order valence-electron chi connectivity index (χ4n) is 1.82. The molecule has 1 heterocycles. The molecule has 0 saturated heterocycles. The van der Waals surface area contributed by atoms with Gasteiger partial charge in [0.2, 0.25) is 0 Å². The maximum absolute atomic E-state index is 13.0. The van der Waals surface area contributed by atoms with Crippen molar-refractivity contribution < 1.29 is 18.3 Å². The molecule has 1 aromatic carbocycles. The number of nitrogens with one attached hydrogen (secondary N) is 1. The summed E-state index contributed by atoms with van der Waals surface area (Å²) in [7, 11) is 1.30. The van der Waals surface area contributed by atoms with Crippen LogP contribution in [0.5, 0.6) is 0 Å². The van der Waals surface area contributed by atoms with Crippen molar-refractivity contribution in [2.24, 2.45) is 0 Å². The number of rotatable bonds is 1. The van der Waals surface area contributed by atoms with E-state index in [0.717, 1.165) is 12.1 Å². The van der Waals surface area contributed by atoms with E-state index >= 15 is 0 Å². The second-order valence-electron chi connectivity index (χ2n) is 3.70. The fraction of sp³-hybridized carbons (Fsp3) is 0.364. The first-order valence-corrected chi connectivity index (χ1v) is 4.90. The second kappa shape index (κ2) is 4.17. The third-order valence-corrected chi connectivity index (χ3v) is 2.69. The Bertz CT molecular complexity index is 434. The van der Waals surface area contributed by atoms with Gasteiger partial charge in [-0.15, -0.1) is 0 Å². The number of hydrogen-bond acceptors (Lipinski definition) is 3. The van der Waals surface area contributed by atoms with E-state index in [0.29, 0.717) is 24.1 Å². The minimum absolute atomic E-state index is 0.319. The molecule has 16 heavy (non-hydrogen) atoms. The average molecular weight is 227 g/mol. The third-order valence-electron chi connectivity index (χ3n) is 2.69. The molecule has 1 aliphatic heterocycles. The molecule has 0 aliphatic carbocycles. The molecule has 0 saturated carbocycles. The van der Waals surface area contributed by atoms with Gasteiger partial charge in [0.1, 0.15) is 6.04 Å². The molecule has 1 N–H and O–H groups in total. The summed E-state index contributed by atoms with van der Waals surface area (Å²) in [5.41, 5.74) is 1.33. The lowest BCUT2D eigenvalue weighted by molar-refractivity contribution is -0.143. The smallest absolute Gasteiger partial charge is 0.323 e. The molecule has 0 spiro atoms. The van der Waals surface area contributed by atoms with Gasteiger partial charge in [-0.3, -0.25) is 4.79 Å². The molecule has 2 rings (SSSR count). The summed E-state index contributed by atoms with van der Waals surface area (Å²) in [5, 5.41) is 2.91. The van der Waals surface area contributed by atoms with Crippen LogP contribution in [-0.2, 0) is 22.5 Å². The molecule has 1 unspecified atom stereocenters. The number of carbonyl (C=O) groups excluding carboxylic acids is 1. The fourth-order valence-corrected chi connectivity index (χ4v) is 1.82. The maximum atomic E-state index is 13.0. The highest BCUT2D eigenvalue weighted by molar-refractivity contribution is 5.76. The van der Waals surface area contributed by atoms with Crippen molar-refractivity contribution in [2.75, 3.05) is 7.11 Å². The second-order valence-corrected chi connectivity index (χ2v) is 3.70. The van der Waals surface area contributed by atoms with Crippen LogP contribution in [0.25, 0.3) is 0 Å². The standard InChI is InChI=1S/C11H11F2NO2/c1-16-11(15)10-4-6-2-8(12)9(13)3-7(6)5-14-10/h2-3,10,14H,4-5H2,1H3. The monoisotopic (exact) mass is 227 g/mol. The van der Waals surface area contributed by atoms with Crippen LogP contribution >= 0.6 is 0 Å². The van der Waals surface area contributed by atoms with Gasteiger partial charge in [0, 0.05) is 6.54 Å². The number of esters is 1. The molecule has 1 aromatic rings. The molecule has 5 heteroatoms. The van der Waals surface area contributed by atoms with Crippen molar-refractivity contribution in [1.82, 2.24) is 5.32 Å². The Hall–Kier alpha value is -1.49. The Balaban J connectivity index is 2.27. The summed E-state index contributed by atoms with van der Waals surface area (Å²) < 4.78 is 30.5. The van der Waals surface area contributed by atoms with Crippen molar-refractivity contribution in [2.45, 2.75) is 19.0 Å². The van der Waals surface area contributed by atoms with Gasteiger partial charge in [-0.2, -0.15) is 0 Å². The summed E-state index contributed by atoms with van der Waals surface area (Å²) in [5.74, 6) is -2.14. The Morgan fingerprint density at radius 1 is 1.38 bits per heavy atom. The van der Waals surface area contributed by atoms with E-state index in [1.165, 1.54) is 7.11 Å². The molecular formula is C11H11F2NO2. The van der Waals surface area contributed by atoms with E-state index in [2.05, 4.69) is 10.1 Å². The van der Waals surface area contributed by atoms with Crippen LogP contribution < -0.4 is 5.32 Å². The van der Waals surface area contributed by atoms with E-state index in [1.54, 1.807) is 0 Å². The van der Waals surface area contributed by atoms with Gasteiger partial charge in [-0.1, -0.05) is 0 Å². The van der Waals surface area contributed by atoms with E-state index in [-0.39, 0.29) is 0 Å². The van der Waals surface area contributed by atoms with Crippen LogP contribution in [0.3, 0.4) is 0 Å². The summed E-state index contributed by atoms with van der Waals surface area (Å²) in [6, 6.07) is 1.81. The first kappa shape index (κ1) is 11.0. The van der Waals surface area contributed by atoms with Gasteiger partial charge in [-0.05, 0) is 29.7 Å². The molecule has 3 nitrogen and oxygen atoms in total. The first-order valence-electron chi connectivity index (χ1n) is 4.90. The van der Waals surface area contributed by atoms with Gasteiger partial charge < -0.3 is 10.1 Å². The third kappa shape index (κ3) is 1.90. The SMILES string of the molecule is COC(=O)C1Cc2cc(F)c(F)cc2CN1. The maximum Gasteiger partial charge on any atom is 0.323 e. The average Bonchev–Trinajstić information content (AvgIpc) is 2.29. The lowest BCUT2D eigenvalue weighted by atomic mass is 9.95. The van der Waals surface area contributed by atoms with Gasteiger partial charge in [0.15, 0.2) is 11.6 Å². The van der Waals surface area contributed by atoms with Crippen molar-refractivity contribution in [1.29, 1.82) is 0 Å². The minimum Gasteiger partial charge on any atom is -0.468 e. The predicted molar refractivity (Wildman–Crippen MR) is 52.7 cm³/mol. The van der Waals surface area contributed by atoms with Crippen LogP contribution in [0.4, 0.5) is 8.78 Å². The van der Waals surface area contributed by atoms with Crippen LogP contribution in [0, 0.1) is 11.6 Å². The first-order chi connectivity index (χ1) is 7.61. The Morgan fingerprint density at radius 2 is 2.00 bits per heavy atom.